The lowest BCUT2D eigenvalue weighted by Gasteiger charge is -2.09. The molecule has 11 heteroatoms. The molecule has 1 aliphatic heterocycles. The van der Waals surface area contributed by atoms with Crippen molar-refractivity contribution in [2.24, 2.45) is 5.14 Å². The van der Waals surface area contributed by atoms with Crippen molar-refractivity contribution in [3.8, 4) is 28.6 Å². The van der Waals surface area contributed by atoms with Crippen molar-refractivity contribution >= 4 is 21.1 Å². The Kier molecular flexibility index (Phi) is 5.01. The fourth-order valence-corrected chi connectivity index (χ4v) is 4.60. The molecule has 176 valence electrons. The van der Waals surface area contributed by atoms with Gasteiger partial charge in [-0.1, -0.05) is 17.3 Å². The van der Waals surface area contributed by atoms with E-state index < -0.39 is 10.0 Å². The predicted molar refractivity (Wildman–Crippen MR) is 128 cm³/mol. The molecule has 0 bridgehead atoms. The monoisotopic (exact) mass is 488 g/mol. The molecule has 0 unspecified atom stereocenters. The van der Waals surface area contributed by atoms with Crippen LogP contribution < -0.4 is 14.6 Å². The van der Waals surface area contributed by atoms with Crippen molar-refractivity contribution in [2.75, 3.05) is 6.61 Å². The van der Waals surface area contributed by atoms with Gasteiger partial charge in [0, 0.05) is 6.07 Å². The second kappa shape index (κ2) is 8.22. The van der Waals surface area contributed by atoms with Crippen molar-refractivity contribution in [1.82, 2.24) is 24.5 Å². The third-order valence-corrected chi connectivity index (χ3v) is 6.71. The summed E-state index contributed by atoms with van der Waals surface area (Å²) < 4.78 is 38.5. The van der Waals surface area contributed by atoms with Gasteiger partial charge in [0.1, 0.15) is 36.2 Å². The van der Waals surface area contributed by atoms with E-state index in [1.54, 1.807) is 18.3 Å². The van der Waals surface area contributed by atoms with Crippen molar-refractivity contribution in [3.63, 3.8) is 0 Å². The summed E-state index contributed by atoms with van der Waals surface area (Å²) in [5.41, 5.74) is 4.22. The molecule has 0 fully saturated rings. The highest BCUT2D eigenvalue weighted by Crippen LogP contribution is 2.36. The number of primary sulfonamides is 1. The van der Waals surface area contributed by atoms with Gasteiger partial charge >= 0.3 is 0 Å². The maximum absolute atomic E-state index is 11.4. The fraction of sp³-hybridized carbons (Fsp3) is 0.125. The first kappa shape index (κ1) is 21.3. The maximum atomic E-state index is 11.4. The number of hydrogen-bond acceptors (Lipinski definition) is 7. The van der Waals surface area contributed by atoms with Gasteiger partial charge in [-0.2, -0.15) is 0 Å². The molecular weight excluding hydrogens is 468 g/mol. The summed E-state index contributed by atoms with van der Waals surface area (Å²) >= 11 is 0. The number of benzene rings is 3. The molecular formula is C24H20N6O4S. The summed E-state index contributed by atoms with van der Waals surface area (Å²) in [5.74, 6) is 2.23. The number of hydrogen-bond donors (Lipinski definition) is 1. The van der Waals surface area contributed by atoms with Crippen LogP contribution in [0.3, 0.4) is 0 Å². The van der Waals surface area contributed by atoms with Gasteiger partial charge < -0.3 is 14.0 Å². The molecule has 0 aliphatic carbocycles. The second-order valence-electron chi connectivity index (χ2n) is 8.06. The number of fused-ring (bicyclic) bond motifs is 5. The van der Waals surface area contributed by atoms with Crippen LogP contribution in [0.25, 0.3) is 28.1 Å². The molecule has 5 aromatic rings. The van der Waals surface area contributed by atoms with Crippen LogP contribution in [-0.4, -0.2) is 39.6 Å². The lowest BCUT2D eigenvalue weighted by molar-refractivity contribution is 0.289. The lowest BCUT2D eigenvalue weighted by Crippen LogP contribution is -2.12. The average molecular weight is 489 g/mol. The molecule has 0 saturated carbocycles. The molecule has 0 atom stereocenters. The zero-order valence-corrected chi connectivity index (χ0v) is 19.2. The molecule has 2 N–H and O–H groups in total. The second-order valence-corrected chi connectivity index (χ2v) is 9.63. The Balaban J connectivity index is 1.20. The topological polar surface area (TPSA) is 127 Å². The first-order valence-corrected chi connectivity index (χ1v) is 12.4. The molecule has 35 heavy (non-hydrogen) atoms. The van der Waals surface area contributed by atoms with Gasteiger partial charge in [0.2, 0.25) is 10.0 Å². The van der Waals surface area contributed by atoms with E-state index in [0.29, 0.717) is 30.3 Å². The van der Waals surface area contributed by atoms with Crippen molar-refractivity contribution in [3.05, 3.63) is 78.6 Å². The van der Waals surface area contributed by atoms with Gasteiger partial charge in [-0.15, -0.1) is 5.10 Å². The van der Waals surface area contributed by atoms with E-state index in [1.807, 2.05) is 36.4 Å². The third kappa shape index (κ3) is 4.00. The van der Waals surface area contributed by atoms with E-state index in [4.69, 9.17) is 19.6 Å². The summed E-state index contributed by atoms with van der Waals surface area (Å²) in [4.78, 5) is 4.84. The van der Waals surface area contributed by atoms with Crippen LogP contribution in [-0.2, 0) is 23.2 Å². The first-order valence-electron chi connectivity index (χ1n) is 10.9. The van der Waals surface area contributed by atoms with Crippen LogP contribution in [0.2, 0.25) is 0 Å². The number of imidazole rings is 1. The predicted octanol–water partition coefficient (Wildman–Crippen LogP) is 2.90. The Morgan fingerprint density at radius 1 is 1.06 bits per heavy atom. The lowest BCUT2D eigenvalue weighted by atomic mass is 10.2. The standard InChI is InChI=1S/C24H20N6O4S/c25-35(31,32)19-8-5-17(6-9-19)30-14-16(27-28-30)15-34-18-7-10-20-23(13-18)33-12-11-29-22-4-2-1-3-21(22)26-24(20)29/h1-10,13-14H,11-12,15H2,(H2,25,31,32). The molecule has 0 spiro atoms. The highest BCUT2D eigenvalue weighted by Gasteiger charge is 2.20. The van der Waals surface area contributed by atoms with Gasteiger partial charge in [-0.05, 0) is 48.5 Å². The molecule has 3 aromatic carbocycles. The third-order valence-electron chi connectivity index (χ3n) is 5.78. The van der Waals surface area contributed by atoms with Crippen molar-refractivity contribution < 1.29 is 17.9 Å². The summed E-state index contributed by atoms with van der Waals surface area (Å²) in [6.45, 7) is 1.44. The van der Waals surface area contributed by atoms with Crippen molar-refractivity contribution in [2.45, 2.75) is 18.0 Å². The summed E-state index contributed by atoms with van der Waals surface area (Å²) in [6.07, 6.45) is 1.72. The van der Waals surface area contributed by atoms with Gasteiger partial charge in [0.25, 0.3) is 0 Å². The maximum Gasteiger partial charge on any atom is 0.238 e. The van der Waals surface area contributed by atoms with E-state index >= 15 is 0 Å². The Hall–Kier alpha value is -4.22. The smallest absolute Gasteiger partial charge is 0.238 e. The van der Waals surface area contributed by atoms with Crippen LogP contribution in [0.1, 0.15) is 5.69 Å². The minimum absolute atomic E-state index is 0.0333. The number of ether oxygens (including phenoxy) is 2. The Morgan fingerprint density at radius 2 is 1.89 bits per heavy atom. The molecule has 10 nitrogen and oxygen atoms in total. The summed E-state index contributed by atoms with van der Waals surface area (Å²) in [7, 11) is -3.75. The largest absolute Gasteiger partial charge is 0.491 e. The minimum Gasteiger partial charge on any atom is -0.491 e. The Morgan fingerprint density at radius 3 is 2.71 bits per heavy atom. The van der Waals surface area contributed by atoms with E-state index in [-0.39, 0.29) is 11.5 Å². The normalized spacial score (nSPS) is 13.1. The van der Waals surface area contributed by atoms with Crippen LogP contribution in [0.15, 0.2) is 77.8 Å². The molecule has 2 aromatic heterocycles. The molecule has 3 heterocycles. The number of aromatic nitrogens is 5. The van der Waals surface area contributed by atoms with E-state index in [0.717, 1.165) is 28.2 Å². The average Bonchev–Trinajstić information content (AvgIpc) is 3.43. The van der Waals surface area contributed by atoms with E-state index in [9.17, 15) is 8.42 Å². The van der Waals surface area contributed by atoms with E-state index in [2.05, 4.69) is 20.9 Å². The van der Waals surface area contributed by atoms with Gasteiger partial charge in [0.15, 0.2) is 0 Å². The fourth-order valence-electron chi connectivity index (χ4n) is 4.09. The van der Waals surface area contributed by atoms with Crippen LogP contribution in [0, 0.1) is 0 Å². The van der Waals surface area contributed by atoms with Gasteiger partial charge in [-0.3, -0.25) is 0 Å². The van der Waals surface area contributed by atoms with Crippen LogP contribution in [0.4, 0.5) is 0 Å². The quantitative estimate of drug-likeness (QED) is 0.403. The SMILES string of the molecule is NS(=O)(=O)c1ccc(-n2cc(COc3ccc4c(c3)OCCn3c-4nc4ccccc43)nn2)cc1. The number of nitrogens with two attached hydrogens (primary N) is 1. The molecule has 0 amide bonds. The Labute approximate surface area is 200 Å². The summed E-state index contributed by atoms with van der Waals surface area (Å²) in [5, 5.41) is 13.4. The van der Waals surface area contributed by atoms with Gasteiger partial charge in [-0.25, -0.2) is 23.2 Å². The summed E-state index contributed by atoms with van der Waals surface area (Å²) in [6, 6.07) is 19.8. The number of sulfonamides is 1. The highest BCUT2D eigenvalue weighted by molar-refractivity contribution is 7.89. The van der Waals surface area contributed by atoms with Crippen LogP contribution in [0.5, 0.6) is 11.5 Å². The zero-order chi connectivity index (χ0) is 24.0. The first-order chi connectivity index (χ1) is 17.0. The minimum atomic E-state index is -3.75. The number of nitrogens with zero attached hydrogens (tertiary/aromatic N) is 5. The Bertz CT molecular complexity index is 1660. The number of rotatable bonds is 5. The van der Waals surface area contributed by atoms with Crippen molar-refractivity contribution in [1.29, 1.82) is 0 Å². The van der Waals surface area contributed by atoms with Crippen LogP contribution >= 0.6 is 0 Å². The highest BCUT2D eigenvalue weighted by atomic mass is 32.2. The molecule has 0 saturated heterocycles. The number of para-hydroxylation sites is 2. The molecule has 1 aliphatic rings. The van der Waals surface area contributed by atoms with Gasteiger partial charge in [0.05, 0.1) is 39.9 Å². The zero-order valence-electron chi connectivity index (χ0n) is 18.4. The van der Waals surface area contributed by atoms with E-state index in [1.165, 1.54) is 16.8 Å². The molecule has 0 radical (unpaired) electrons. The molecule has 6 rings (SSSR count).